The van der Waals surface area contributed by atoms with E-state index in [4.69, 9.17) is 9.15 Å². The Morgan fingerprint density at radius 1 is 0.906 bits per heavy atom. The first-order valence-electron chi connectivity index (χ1n) is 10.2. The minimum atomic E-state index is -4.69. The minimum absolute atomic E-state index is 0.219. The molecule has 1 fully saturated rings. The van der Waals surface area contributed by atoms with E-state index in [0.29, 0.717) is 24.4 Å². The number of piperazine rings is 1. The Kier molecular flexibility index (Phi) is 6.38. The lowest BCUT2D eigenvalue weighted by Gasteiger charge is -2.34. The number of halogens is 3. The summed E-state index contributed by atoms with van der Waals surface area (Å²) in [5.41, 5.74) is 1.95. The Hall–Kier alpha value is -3.04. The quantitative estimate of drug-likeness (QED) is 0.531. The lowest BCUT2D eigenvalue weighted by atomic mass is 10.1. The van der Waals surface area contributed by atoms with Crippen LogP contribution in [0.5, 0.6) is 11.5 Å². The zero-order valence-corrected chi connectivity index (χ0v) is 17.5. The minimum Gasteiger partial charge on any atom is -0.497 e. The van der Waals surface area contributed by atoms with Crippen LogP contribution in [0.3, 0.4) is 0 Å². The number of methoxy groups -OCH3 is 1. The van der Waals surface area contributed by atoms with Gasteiger partial charge < -0.3 is 13.9 Å². The van der Waals surface area contributed by atoms with Gasteiger partial charge in [-0.1, -0.05) is 12.1 Å². The number of ether oxygens (including phenoxy) is 2. The molecule has 0 amide bonds. The Morgan fingerprint density at radius 3 is 2.16 bits per heavy atom. The topological polar surface area (TPSA) is 55.2 Å². The van der Waals surface area contributed by atoms with Gasteiger partial charge in [-0.25, -0.2) is 4.79 Å². The highest BCUT2D eigenvalue weighted by Gasteiger charge is 2.31. The van der Waals surface area contributed by atoms with Gasteiger partial charge in [0, 0.05) is 56.8 Å². The second kappa shape index (κ2) is 9.22. The fourth-order valence-corrected chi connectivity index (χ4v) is 3.87. The molecular weight excluding hydrogens is 425 g/mol. The molecule has 0 saturated carbocycles. The van der Waals surface area contributed by atoms with Crippen molar-refractivity contribution in [3.63, 3.8) is 0 Å². The summed E-state index contributed by atoms with van der Waals surface area (Å²) in [4.78, 5) is 16.5. The van der Waals surface area contributed by atoms with Crippen LogP contribution in [0, 0.1) is 0 Å². The Balaban J connectivity index is 1.35. The van der Waals surface area contributed by atoms with Crippen molar-refractivity contribution in [2.75, 3.05) is 33.3 Å². The molecular formula is C23H23F3N2O4. The van der Waals surface area contributed by atoms with E-state index in [-0.39, 0.29) is 5.75 Å². The Labute approximate surface area is 182 Å². The van der Waals surface area contributed by atoms with Gasteiger partial charge >= 0.3 is 12.0 Å². The van der Waals surface area contributed by atoms with Crippen LogP contribution in [-0.2, 0) is 13.1 Å². The van der Waals surface area contributed by atoms with Crippen LogP contribution in [0.1, 0.15) is 11.1 Å². The zero-order chi connectivity index (χ0) is 22.7. The van der Waals surface area contributed by atoms with Crippen LogP contribution in [0.25, 0.3) is 11.0 Å². The third-order valence-electron chi connectivity index (χ3n) is 5.46. The first kappa shape index (κ1) is 22.2. The lowest BCUT2D eigenvalue weighted by Crippen LogP contribution is -2.45. The van der Waals surface area contributed by atoms with Crippen molar-refractivity contribution in [2.45, 2.75) is 19.5 Å². The molecule has 0 radical (unpaired) electrons. The fourth-order valence-electron chi connectivity index (χ4n) is 3.87. The highest BCUT2D eigenvalue weighted by molar-refractivity contribution is 5.81. The molecule has 0 bridgehead atoms. The summed E-state index contributed by atoms with van der Waals surface area (Å²) in [5, 5.41) is 0.883. The Morgan fingerprint density at radius 2 is 1.53 bits per heavy atom. The molecule has 0 N–H and O–H groups in total. The van der Waals surface area contributed by atoms with E-state index >= 15 is 0 Å². The van der Waals surface area contributed by atoms with Crippen LogP contribution < -0.4 is 15.1 Å². The molecule has 2 heterocycles. The summed E-state index contributed by atoms with van der Waals surface area (Å²) in [5.74, 6) is 0.410. The first-order chi connectivity index (χ1) is 15.3. The van der Waals surface area contributed by atoms with Crippen LogP contribution in [-0.4, -0.2) is 49.5 Å². The first-order valence-corrected chi connectivity index (χ1v) is 10.2. The molecule has 1 aliphatic heterocycles. The molecule has 0 unspecified atom stereocenters. The monoisotopic (exact) mass is 448 g/mol. The van der Waals surface area contributed by atoms with Gasteiger partial charge in [-0.3, -0.25) is 9.80 Å². The highest BCUT2D eigenvalue weighted by Crippen LogP contribution is 2.25. The molecule has 3 aromatic rings. The van der Waals surface area contributed by atoms with Gasteiger partial charge in [0.2, 0.25) is 0 Å². The number of hydrogen-bond acceptors (Lipinski definition) is 6. The third-order valence-corrected chi connectivity index (χ3v) is 5.46. The smallest absolute Gasteiger partial charge is 0.497 e. The largest absolute Gasteiger partial charge is 0.573 e. The maximum atomic E-state index is 12.3. The van der Waals surface area contributed by atoms with Crippen LogP contribution >= 0.6 is 0 Å². The van der Waals surface area contributed by atoms with E-state index in [9.17, 15) is 18.0 Å². The normalized spacial score (nSPS) is 15.8. The average Bonchev–Trinajstić information content (AvgIpc) is 2.75. The molecule has 1 aliphatic rings. The van der Waals surface area contributed by atoms with Crippen molar-refractivity contribution < 1.29 is 27.1 Å². The van der Waals surface area contributed by atoms with Gasteiger partial charge in [0.05, 0.1) is 7.11 Å². The van der Waals surface area contributed by atoms with E-state index < -0.39 is 12.0 Å². The second-order valence-electron chi connectivity index (χ2n) is 7.70. The molecule has 2 aromatic carbocycles. The van der Waals surface area contributed by atoms with E-state index in [1.54, 1.807) is 25.3 Å². The van der Waals surface area contributed by atoms with Crippen molar-refractivity contribution in [1.29, 1.82) is 0 Å². The molecule has 32 heavy (non-hydrogen) atoms. The zero-order valence-electron chi connectivity index (χ0n) is 17.5. The van der Waals surface area contributed by atoms with Crippen LogP contribution in [0.15, 0.2) is 57.7 Å². The summed E-state index contributed by atoms with van der Waals surface area (Å²) < 4.78 is 51.3. The molecule has 6 nitrogen and oxygen atoms in total. The van der Waals surface area contributed by atoms with E-state index in [1.165, 1.54) is 18.2 Å². The fraction of sp³-hybridized carbons (Fsp3) is 0.348. The molecule has 9 heteroatoms. The van der Waals surface area contributed by atoms with Crippen molar-refractivity contribution >= 4 is 11.0 Å². The third kappa shape index (κ3) is 5.60. The van der Waals surface area contributed by atoms with Gasteiger partial charge in [0.25, 0.3) is 0 Å². The van der Waals surface area contributed by atoms with Gasteiger partial charge in [0.15, 0.2) is 0 Å². The number of hydrogen-bond donors (Lipinski definition) is 0. The SMILES string of the molecule is COc1ccc2c(CN3CCN(Cc4ccc(OC(F)(F)F)cc4)CC3)cc(=O)oc2c1. The molecule has 1 saturated heterocycles. The van der Waals surface area contributed by atoms with Gasteiger partial charge in [-0.2, -0.15) is 0 Å². The molecule has 0 aliphatic carbocycles. The molecule has 1 aromatic heterocycles. The van der Waals surface area contributed by atoms with Crippen molar-refractivity contribution in [1.82, 2.24) is 9.80 Å². The number of alkyl halides is 3. The predicted molar refractivity (Wildman–Crippen MR) is 113 cm³/mol. The number of benzene rings is 2. The van der Waals surface area contributed by atoms with E-state index in [0.717, 1.165) is 42.7 Å². The van der Waals surface area contributed by atoms with Gasteiger partial charge in [-0.15, -0.1) is 13.2 Å². The van der Waals surface area contributed by atoms with Crippen molar-refractivity contribution in [2.24, 2.45) is 0 Å². The summed E-state index contributed by atoms with van der Waals surface area (Å²) in [6, 6.07) is 13.0. The van der Waals surface area contributed by atoms with Crippen molar-refractivity contribution in [3.8, 4) is 11.5 Å². The summed E-state index contributed by atoms with van der Waals surface area (Å²) in [6.45, 7) is 4.53. The number of nitrogens with zero attached hydrogens (tertiary/aromatic N) is 2. The predicted octanol–water partition coefficient (Wildman–Crippen LogP) is 4.02. The van der Waals surface area contributed by atoms with E-state index in [2.05, 4.69) is 14.5 Å². The van der Waals surface area contributed by atoms with Crippen LogP contribution in [0.2, 0.25) is 0 Å². The van der Waals surface area contributed by atoms with Crippen LogP contribution in [0.4, 0.5) is 13.2 Å². The Bertz CT molecular complexity index is 1120. The molecule has 170 valence electrons. The van der Waals surface area contributed by atoms with E-state index in [1.807, 2.05) is 12.1 Å². The van der Waals surface area contributed by atoms with Crippen molar-refractivity contribution in [3.05, 3.63) is 70.1 Å². The molecule has 4 rings (SSSR count). The summed E-state index contributed by atoms with van der Waals surface area (Å²) in [6.07, 6.45) is -4.69. The highest BCUT2D eigenvalue weighted by atomic mass is 19.4. The number of fused-ring (bicyclic) bond motifs is 1. The summed E-state index contributed by atoms with van der Waals surface area (Å²) in [7, 11) is 1.56. The maximum Gasteiger partial charge on any atom is 0.573 e. The average molecular weight is 448 g/mol. The lowest BCUT2D eigenvalue weighted by molar-refractivity contribution is -0.274. The second-order valence-corrected chi connectivity index (χ2v) is 7.70. The number of rotatable bonds is 6. The van der Waals surface area contributed by atoms with Gasteiger partial charge in [-0.05, 0) is 35.4 Å². The van der Waals surface area contributed by atoms with Gasteiger partial charge in [0.1, 0.15) is 17.1 Å². The standard InChI is InChI=1S/C23H23F3N2O4/c1-30-19-6-7-20-17(12-22(29)31-21(20)13-19)15-28-10-8-27(9-11-28)14-16-2-4-18(5-3-16)32-23(24,25)26/h2-7,12-13H,8-11,14-15H2,1H3. The molecule has 0 atom stereocenters. The summed E-state index contributed by atoms with van der Waals surface area (Å²) >= 11 is 0. The maximum absolute atomic E-state index is 12.3. The molecule has 0 spiro atoms.